The first-order chi connectivity index (χ1) is 15.5. The van der Waals surface area contributed by atoms with Crippen molar-refractivity contribution in [3.05, 3.63) is 52.5 Å². The van der Waals surface area contributed by atoms with Gasteiger partial charge in [0.1, 0.15) is 0 Å². The number of benzene rings is 1. The fourth-order valence-electron chi connectivity index (χ4n) is 4.08. The largest absolute Gasteiger partial charge is 0.461 e. The van der Waals surface area contributed by atoms with E-state index in [-0.39, 0.29) is 5.91 Å². The van der Waals surface area contributed by atoms with Gasteiger partial charge in [0.25, 0.3) is 0 Å². The summed E-state index contributed by atoms with van der Waals surface area (Å²) in [4.78, 5) is 17.1. The van der Waals surface area contributed by atoms with Gasteiger partial charge in [-0.15, -0.1) is 5.10 Å². The Morgan fingerprint density at radius 3 is 2.41 bits per heavy atom. The molecule has 1 aromatic carbocycles. The molecule has 0 aliphatic carbocycles. The maximum absolute atomic E-state index is 12.6. The number of piperazine rings is 1. The SMILES string of the molecule is CCn1c(-c2ccco2)nn(CN2CCN(CC(=O)Nc3c(C)cccc3C)CC2)c1=S. The summed E-state index contributed by atoms with van der Waals surface area (Å²) in [5.41, 5.74) is 3.09. The van der Waals surface area contributed by atoms with Crippen LogP contribution in [-0.4, -0.2) is 62.8 Å². The fourth-order valence-corrected chi connectivity index (χ4v) is 4.39. The van der Waals surface area contributed by atoms with Crippen molar-refractivity contribution in [2.75, 3.05) is 38.0 Å². The van der Waals surface area contributed by atoms with Crippen molar-refractivity contribution < 1.29 is 9.21 Å². The second-order valence-electron chi connectivity index (χ2n) is 8.18. The maximum atomic E-state index is 12.6. The Morgan fingerprint density at radius 1 is 1.09 bits per heavy atom. The maximum Gasteiger partial charge on any atom is 0.238 e. The summed E-state index contributed by atoms with van der Waals surface area (Å²) < 4.78 is 10.1. The van der Waals surface area contributed by atoms with Crippen LogP contribution in [0, 0.1) is 18.6 Å². The number of rotatable bonds is 7. The summed E-state index contributed by atoms with van der Waals surface area (Å²) in [7, 11) is 0. The minimum Gasteiger partial charge on any atom is -0.461 e. The van der Waals surface area contributed by atoms with Crippen molar-refractivity contribution in [2.24, 2.45) is 0 Å². The van der Waals surface area contributed by atoms with Gasteiger partial charge in [0.05, 0.1) is 19.5 Å². The lowest BCUT2D eigenvalue weighted by molar-refractivity contribution is -0.117. The predicted molar refractivity (Wildman–Crippen MR) is 127 cm³/mol. The number of aryl methyl sites for hydroxylation is 2. The van der Waals surface area contributed by atoms with Crippen LogP contribution in [0.15, 0.2) is 41.0 Å². The Bertz CT molecular complexity index is 1110. The minimum absolute atomic E-state index is 0.0304. The molecule has 1 aliphatic heterocycles. The van der Waals surface area contributed by atoms with Crippen LogP contribution < -0.4 is 5.32 Å². The second kappa shape index (κ2) is 9.81. The molecule has 1 N–H and O–H groups in total. The van der Waals surface area contributed by atoms with E-state index in [2.05, 4.69) is 22.0 Å². The molecule has 3 aromatic rings. The molecular weight excluding hydrogens is 424 g/mol. The van der Waals surface area contributed by atoms with Crippen molar-refractivity contribution >= 4 is 23.8 Å². The van der Waals surface area contributed by atoms with Crippen LogP contribution in [0.2, 0.25) is 0 Å². The van der Waals surface area contributed by atoms with E-state index < -0.39 is 0 Å². The summed E-state index contributed by atoms with van der Waals surface area (Å²) >= 11 is 5.65. The minimum atomic E-state index is 0.0304. The summed E-state index contributed by atoms with van der Waals surface area (Å²) in [5, 5.41) is 7.79. The summed E-state index contributed by atoms with van der Waals surface area (Å²) in [5.74, 6) is 1.50. The third-order valence-corrected chi connectivity index (χ3v) is 6.32. The van der Waals surface area contributed by atoms with Crippen LogP contribution in [0.3, 0.4) is 0 Å². The van der Waals surface area contributed by atoms with Gasteiger partial charge < -0.3 is 9.73 Å². The van der Waals surface area contributed by atoms with Crippen molar-refractivity contribution in [3.8, 4) is 11.6 Å². The number of nitrogens with zero attached hydrogens (tertiary/aromatic N) is 5. The highest BCUT2D eigenvalue weighted by Crippen LogP contribution is 2.20. The number of anilines is 1. The molecule has 32 heavy (non-hydrogen) atoms. The fraction of sp³-hybridized carbons (Fsp3) is 0.435. The Hall–Kier alpha value is -2.75. The van der Waals surface area contributed by atoms with Crippen molar-refractivity contribution in [1.29, 1.82) is 0 Å². The van der Waals surface area contributed by atoms with E-state index in [0.29, 0.717) is 18.0 Å². The lowest BCUT2D eigenvalue weighted by atomic mass is 10.1. The quantitative estimate of drug-likeness (QED) is 0.551. The van der Waals surface area contributed by atoms with Gasteiger partial charge in [0.2, 0.25) is 5.91 Å². The third kappa shape index (κ3) is 4.85. The molecule has 170 valence electrons. The van der Waals surface area contributed by atoms with E-state index in [0.717, 1.165) is 61.1 Å². The van der Waals surface area contributed by atoms with Crippen molar-refractivity contribution in [2.45, 2.75) is 34.0 Å². The number of amides is 1. The van der Waals surface area contributed by atoms with Gasteiger partial charge in [-0.2, -0.15) is 0 Å². The molecule has 1 amide bonds. The lowest BCUT2D eigenvalue weighted by Gasteiger charge is -2.34. The van der Waals surface area contributed by atoms with Crippen LogP contribution in [0.4, 0.5) is 5.69 Å². The zero-order chi connectivity index (χ0) is 22.7. The highest BCUT2D eigenvalue weighted by molar-refractivity contribution is 7.71. The smallest absolute Gasteiger partial charge is 0.238 e. The predicted octanol–water partition coefficient (Wildman–Crippen LogP) is 3.52. The van der Waals surface area contributed by atoms with Crippen LogP contribution in [-0.2, 0) is 18.0 Å². The molecule has 8 nitrogen and oxygen atoms in total. The number of nitrogens with one attached hydrogen (secondary N) is 1. The number of hydrogen-bond donors (Lipinski definition) is 1. The molecule has 1 saturated heterocycles. The molecule has 0 spiro atoms. The van der Waals surface area contributed by atoms with Crippen molar-refractivity contribution in [1.82, 2.24) is 24.1 Å². The molecule has 0 radical (unpaired) electrons. The van der Waals surface area contributed by atoms with Crippen LogP contribution >= 0.6 is 12.2 Å². The van der Waals surface area contributed by atoms with E-state index in [4.69, 9.17) is 21.7 Å². The molecule has 3 heterocycles. The Balaban J connectivity index is 1.33. The Morgan fingerprint density at radius 2 is 1.78 bits per heavy atom. The summed E-state index contributed by atoms with van der Waals surface area (Å²) in [6.45, 7) is 11.2. The zero-order valence-corrected chi connectivity index (χ0v) is 19.7. The molecule has 0 atom stereocenters. The summed E-state index contributed by atoms with van der Waals surface area (Å²) in [6.07, 6.45) is 1.65. The average molecular weight is 455 g/mol. The van der Waals surface area contributed by atoms with Gasteiger partial charge in [-0.25, -0.2) is 4.68 Å². The van der Waals surface area contributed by atoms with Gasteiger partial charge in [0.15, 0.2) is 16.4 Å². The molecule has 1 fully saturated rings. The molecule has 9 heteroatoms. The van der Waals surface area contributed by atoms with E-state index in [1.807, 2.05) is 53.4 Å². The Labute approximate surface area is 193 Å². The van der Waals surface area contributed by atoms with Gasteiger partial charge in [-0.1, -0.05) is 18.2 Å². The monoisotopic (exact) mass is 454 g/mol. The standard InChI is InChI=1S/C23H30N6O2S/c1-4-28-22(19-9-6-14-31-19)25-29(23(28)32)16-27-12-10-26(11-13-27)15-20(30)24-21-17(2)7-5-8-18(21)3/h5-9,14H,4,10-13,15-16H2,1-3H3,(H,24,30). The van der Waals surface area contributed by atoms with E-state index in [1.54, 1.807) is 6.26 Å². The molecule has 4 rings (SSSR count). The van der Waals surface area contributed by atoms with Crippen LogP contribution in [0.1, 0.15) is 18.1 Å². The molecule has 2 aromatic heterocycles. The average Bonchev–Trinajstić information content (AvgIpc) is 3.41. The van der Waals surface area contributed by atoms with Crippen LogP contribution in [0.5, 0.6) is 0 Å². The molecule has 0 unspecified atom stereocenters. The third-order valence-electron chi connectivity index (χ3n) is 5.89. The summed E-state index contributed by atoms with van der Waals surface area (Å²) in [6, 6.07) is 9.79. The molecule has 0 saturated carbocycles. The highest BCUT2D eigenvalue weighted by atomic mass is 32.1. The number of hydrogen-bond acceptors (Lipinski definition) is 6. The second-order valence-corrected chi connectivity index (χ2v) is 8.54. The normalized spacial score (nSPS) is 15.2. The van der Waals surface area contributed by atoms with Crippen LogP contribution in [0.25, 0.3) is 11.6 Å². The number of carbonyl (C=O) groups excluding carboxylic acids is 1. The number of aromatic nitrogens is 3. The molecule has 1 aliphatic rings. The molecular formula is C23H30N6O2S. The van der Waals surface area contributed by atoms with Gasteiger partial charge >= 0.3 is 0 Å². The van der Waals surface area contributed by atoms with Crippen molar-refractivity contribution in [3.63, 3.8) is 0 Å². The zero-order valence-electron chi connectivity index (χ0n) is 18.9. The number of carbonyl (C=O) groups is 1. The van der Waals surface area contributed by atoms with Gasteiger partial charge in [-0.05, 0) is 56.2 Å². The van der Waals surface area contributed by atoms with E-state index >= 15 is 0 Å². The molecule has 0 bridgehead atoms. The topological polar surface area (TPSA) is 71.5 Å². The lowest BCUT2D eigenvalue weighted by Crippen LogP contribution is -2.49. The number of furan rings is 1. The van der Waals surface area contributed by atoms with Gasteiger partial charge in [-0.3, -0.25) is 19.2 Å². The van der Waals surface area contributed by atoms with E-state index in [1.165, 1.54) is 0 Å². The highest BCUT2D eigenvalue weighted by Gasteiger charge is 2.21. The first-order valence-corrected chi connectivity index (χ1v) is 11.4. The Kier molecular flexibility index (Phi) is 6.88. The van der Waals surface area contributed by atoms with Gasteiger partial charge in [0, 0.05) is 38.4 Å². The van der Waals surface area contributed by atoms with E-state index in [9.17, 15) is 4.79 Å². The first-order valence-electron chi connectivity index (χ1n) is 11.0. The first kappa shape index (κ1) is 22.4. The number of para-hydroxylation sites is 1.